The average Bonchev–Trinajstić information content (AvgIpc) is 3.12. The molecule has 1 heterocycles. The van der Waals surface area contributed by atoms with Crippen LogP contribution in [0, 0.1) is 12.8 Å². The van der Waals surface area contributed by atoms with Crippen molar-refractivity contribution in [2.45, 2.75) is 50.8 Å². The van der Waals surface area contributed by atoms with Crippen LogP contribution in [0.15, 0.2) is 95.9 Å². The largest absolute Gasteiger partial charge is 0.488 e. The number of ether oxygens (including phenoxy) is 1. The number of carbonyl (C=O) groups is 2. The fourth-order valence-corrected chi connectivity index (χ4v) is 6.94. The quantitative estimate of drug-likeness (QED) is 0.161. The number of rotatable bonds is 11. The Morgan fingerprint density at radius 1 is 1.06 bits per heavy atom. The smallest absolute Gasteiger partial charge is 0.261 e. The molecule has 0 saturated carbocycles. The van der Waals surface area contributed by atoms with E-state index in [4.69, 9.17) is 10.5 Å². The van der Waals surface area contributed by atoms with Crippen molar-refractivity contribution in [1.82, 2.24) is 9.80 Å². The normalized spacial score (nSPS) is 17.2. The molecule has 11 nitrogen and oxygen atoms in total. The highest BCUT2D eigenvalue weighted by Gasteiger charge is 2.31. The summed E-state index contributed by atoms with van der Waals surface area (Å²) in [6, 6.07) is 25.6. The van der Waals surface area contributed by atoms with Crippen molar-refractivity contribution in [2.75, 3.05) is 42.5 Å². The number of benzene rings is 4. The number of nitrogens with zero attached hydrogens (tertiary/aromatic N) is 2. The molecule has 0 saturated heterocycles. The second kappa shape index (κ2) is 15.8. The Hall–Kier alpha value is -4.91. The molecule has 0 radical (unpaired) electrons. The summed E-state index contributed by atoms with van der Waals surface area (Å²) in [7, 11) is -1.89. The van der Waals surface area contributed by atoms with Crippen LogP contribution in [0.5, 0.6) is 5.75 Å². The summed E-state index contributed by atoms with van der Waals surface area (Å²) in [6.07, 6.45) is -0.374. The van der Waals surface area contributed by atoms with E-state index in [2.05, 4.69) is 14.9 Å². The number of nitrogen functional groups attached to an aromatic ring is 1. The van der Waals surface area contributed by atoms with E-state index in [1.807, 2.05) is 39.1 Å². The summed E-state index contributed by atoms with van der Waals surface area (Å²) >= 11 is 0. The lowest BCUT2D eigenvalue weighted by Crippen LogP contribution is -2.47. The van der Waals surface area contributed by atoms with E-state index in [0.717, 1.165) is 11.1 Å². The maximum Gasteiger partial charge on any atom is 0.261 e. The highest BCUT2D eigenvalue weighted by Crippen LogP contribution is 2.30. The molecule has 0 aromatic heterocycles. The minimum absolute atomic E-state index is 0.0220. The maximum atomic E-state index is 13.6. The van der Waals surface area contributed by atoms with Gasteiger partial charge in [0.05, 0.1) is 35.3 Å². The minimum atomic E-state index is -3.86. The molecule has 5 rings (SSSR count). The van der Waals surface area contributed by atoms with Gasteiger partial charge in [0.25, 0.3) is 15.9 Å². The van der Waals surface area contributed by atoms with Gasteiger partial charge < -0.3 is 25.8 Å². The van der Waals surface area contributed by atoms with Crippen LogP contribution in [0.4, 0.5) is 17.1 Å². The van der Waals surface area contributed by atoms with Gasteiger partial charge in [0.2, 0.25) is 5.91 Å². The number of nitrogens with one attached hydrogen (secondary N) is 2. The van der Waals surface area contributed by atoms with Gasteiger partial charge in [-0.05, 0) is 81.1 Å². The summed E-state index contributed by atoms with van der Waals surface area (Å²) < 4.78 is 35.5. The van der Waals surface area contributed by atoms with Gasteiger partial charge in [-0.15, -0.1) is 0 Å². The molecule has 0 aliphatic carbocycles. The lowest BCUT2D eigenvalue weighted by atomic mass is 10.0. The topological polar surface area (TPSA) is 154 Å². The first-order chi connectivity index (χ1) is 23.8. The van der Waals surface area contributed by atoms with E-state index in [1.54, 1.807) is 84.6 Å². The van der Waals surface area contributed by atoms with Gasteiger partial charge in [0.15, 0.2) is 0 Å². The van der Waals surface area contributed by atoms with Crippen LogP contribution in [-0.4, -0.2) is 74.0 Å². The minimum Gasteiger partial charge on any atom is -0.488 e. The highest BCUT2D eigenvalue weighted by atomic mass is 32.2. The van der Waals surface area contributed by atoms with Crippen molar-refractivity contribution in [1.29, 1.82) is 0 Å². The molecule has 3 atom stereocenters. The van der Waals surface area contributed by atoms with Crippen molar-refractivity contribution in [3.8, 4) is 5.75 Å². The summed E-state index contributed by atoms with van der Waals surface area (Å²) in [6.45, 7) is 6.96. The molecule has 4 aromatic rings. The molecule has 0 unspecified atom stereocenters. The number of aryl methyl sites for hydroxylation is 1. The molecule has 4 aromatic carbocycles. The van der Waals surface area contributed by atoms with Gasteiger partial charge in [-0.3, -0.25) is 19.2 Å². The van der Waals surface area contributed by atoms with Crippen LogP contribution >= 0.6 is 0 Å². The predicted molar refractivity (Wildman–Crippen MR) is 196 cm³/mol. The Kier molecular flexibility index (Phi) is 11.5. The Morgan fingerprint density at radius 2 is 1.76 bits per heavy atom. The van der Waals surface area contributed by atoms with Gasteiger partial charge in [-0.1, -0.05) is 48.9 Å². The molecule has 12 heteroatoms. The first-order valence-electron chi connectivity index (χ1n) is 16.6. The van der Waals surface area contributed by atoms with E-state index in [-0.39, 0.29) is 41.8 Å². The number of nitrogens with two attached hydrogens (primary N) is 1. The SMILES string of the molecule is Cc1ccc(S(=O)(=O)Nc2ccc3c(c2)CC(=O)N([C@H](C)CO)C[C@H](C)[C@@H](CN(C)Cc2ccc(C(=O)Nc4ccccc4N)cc2)O3)cc1. The molecule has 264 valence electrons. The summed E-state index contributed by atoms with van der Waals surface area (Å²) in [5.74, 6) is -0.0566. The van der Waals surface area contributed by atoms with Crippen LogP contribution in [0.3, 0.4) is 0 Å². The molecule has 0 fully saturated rings. The zero-order valence-corrected chi connectivity index (χ0v) is 29.6. The first kappa shape index (κ1) is 36.4. The highest BCUT2D eigenvalue weighted by molar-refractivity contribution is 7.92. The molecular weight excluding hydrogens is 655 g/mol. The Labute approximate surface area is 294 Å². The van der Waals surface area contributed by atoms with E-state index < -0.39 is 16.1 Å². The molecule has 1 aliphatic heterocycles. The predicted octanol–water partition coefficient (Wildman–Crippen LogP) is 4.91. The summed E-state index contributed by atoms with van der Waals surface area (Å²) in [5, 5.41) is 12.8. The zero-order valence-electron chi connectivity index (χ0n) is 28.8. The number of carbonyl (C=O) groups excluding carboxylic acids is 2. The first-order valence-corrected chi connectivity index (χ1v) is 18.0. The second-order valence-electron chi connectivity index (χ2n) is 13.1. The van der Waals surface area contributed by atoms with E-state index in [1.165, 1.54) is 0 Å². The fourth-order valence-electron chi connectivity index (χ4n) is 5.89. The number of likely N-dealkylation sites (N-methyl/N-ethyl adjacent to an activating group) is 1. The summed E-state index contributed by atoms with van der Waals surface area (Å²) in [4.78, 5) is 30.3. The van der Waals surface area contributed by atoms with Crippen LogP contribution in [0.2, 0.25) is 0 Å². The Balaban J connectivity index is 1.33. The number of hydrogen-bond acceptors (Lipinski definition) is 8. The van der Waals surface area contributed by atoms with Crippen molar-refractivity contribution < 1.29 is 27.9 Å². The molecule has 5 N–H and O–H groups in total. The third kappa shape index (κ3) is 9.00. The third-order valence-electron chi connectivity index (χ3n) is 8.87. The van der Waals surface area contributed by atoms with Crippen molar-refractivity contribution >= 4 is 38.9 Å². The number of sulfonamides is 1. The van der Waals surface area contributed by atoms with E-state index in [0.29, 0.717) is 53.6 Å². The van der Waals surface area contributed by atoms with Gasteiger partial charge in [0, 0.05) is 42.4 Å². The van der Waals surface area contributed by atoms with Crippen LogP contribution in [0.1, 0.15) is 40.9 Å². The van der Waals surface area contributed by atoms with Gasteiger partial charge in [-0.2, -0.15) is 0 Å². The van der Waals surface area contributed by atoms with Gasteiger partial charge in [-0.25, -0.2) is 8.42 Å². The number of amides is 2. The van der Waals surface area contributed by atoms with Crippen LogP contribution < -0.4 is 20.5 Å². The third-order valence-corrected chi connectivity index (χ3v) is 10.3. The molecular formula is C38H45N5O6S. The number of hydrogen-bond donors (Lipinski definition) is 4. The molecule has 0 bridgehead atoms. The second-order valence-corrected chi connectivity index (χ2v) is 14.7. The summed E-state index contributed by atoms with van der Waals surface area (Å²) in [5.41, 5.74) is 10.3. The standard InChI is InChI=1S/C38H45N5O6S/c1-25-9-16-32(17-10-25)50(47,48)41-31-15-18-35-30(19-31)20-37(45)43(27(3)24-44)21-26(2)36(49-35)23-42(4)22-28-11-13-29(14-12-28)38(46)40-34-8-6-5-7-33(34)39/h5-19,26-27,36,41,44H,20-24,39H2,1-4H3,(H,40,46)/t26-,27+,36+/m0/s1. The van der Waals surface area contributed by atoms with E-state index >= 15 is 0 Å². The number of aliphatic hydroxyl groups is 1. The molecule has 50 heavy (non-hydrogen) atoms. The molecule has 2 amide bonds. The number of para-hydroxylation sites is 2. The monoisotopic (exact) mass is 699 g/mol. The lowest BCUT2D eigenvalue weighted by molar-refractivity contribution is -0.134. The zero-order chi connectivity index (χ0) is 36.0. The van der Waals surface area contributed by atoms with Crippen molar-refractivity contribution in [3.63, 3.8) is 0 Å². The Bertz CT molecular complexity index is 1920. The lowest BCUT2D eigenvalue weighted by Gasteiger charge is -2.34. The number of aliphatic hydroxyl groups excluding tert-OH is 1. The maximum absolute atomic E-state index is 13.6. The number of fused-ring (bicyclic) bond motifs is 1. The average molecular weight is 700 g/mol. The fraction of sp³-hybridized carbons (Fsp3) is 0.316. The van der Waals surface area contributed by atoms with Crippen LogP contribution in [0.25, 0.3) is 0 Å². The van der Waals surface area contributed by atoms with Crippen molar-refractivity contribution in [2.24, 2.45) is 5.92 Å². The van der Waals surface area contributed by atoms with Gasteiger partial charge >= 0.3 is 0 Å². The Morgan fingerprint density at radius 3 is 2.44 bits per heavy atom. The molecule has 1 aliphatic rings. The van der Waals surface area contributed by atoms with Crippen molar-refractivity contribution in [3.05, 3.63) is 113 Å². The van der Waals surface area contributed by atoms with E-state index in [9.17, 15) is 23.1 Å². The molecule has 0 spiro atoms. The van der Waals surface area contributed by atoms with Crippen LogP contribution in [-0.2, 0) is 27.8 Å². The number of anilines is 3. The van der Waals surface area contributed by atoms with Gasteiger partial charge in [0.1, 0.15) is 11.9 Å².